The third-order valence-corrected chi connectivity index (χ3v) is 3.10. The highest BCUT2D eigenvalue weighted by atomic mass is 35.5. The maximum Gasteiger partial charge on any atom is 0.139 e. The van der Waals surface area contributed by atoms with Crippen molar-refractivity contribution >= 4 is 11.6 Å². The van der Waals surface area contributed by atoms with Crippen molar-refractivity contribution in [2.45, 2.75) is 6.54 Å². The first-order chi connectivity index (χ1) is 8.59. The minimum atomic E-state index is 0.173. The Balaban J connectivity index is 2.57. The summed E-state index contributed by atoms with van der Waals surface area (Å²) in [5, 5.41) is 10.5. The summed E-state index contributed by atoms with van der Waals surface area (Å²) in [5.41, 5.74) is 2.96. The van der Waals surface area contributed by atoms with Crippen molar-refractivity contribution < 1.29 is 5.11 Å². The second-order valence-electron chi connectivity index (χ2n) is 4.53. The zero-order valence-corrected chi connectivity index (χ0v) is 11.3. The minimum absolute atomic E-state index is 0.173. The maximum atomic E-state index is 10.1. The van der Waals surface area contributed by atoms with Gasteiger partial charge in [-0.25, -0.2) is 0 Å². The Kier molecular flexibility index (Phi) is 3.90. The zero-order valence-electron chi connectivity index (χ0n) is 10.5. The Bertz CT molecular complexity index is 538. The number of phenolic OH excluding ortho intramolecular Hbond substituents is 1. The number of aromatic hydroxyl groups is 1. The first-order valence-electron chi connectivity index (χ1n) is 5.80. The van der Waals surface area contributed by atoms with E-state index in [9.17, 15) is 5.11 Å². The first-order valence-corrected chi connectivity index (χ1v) is 6.18. The Labute approximate surface area is 112 Å². The standard InChI is InChI=1S/C15H16ClNO/c1-17(2)10-13-12(8-9-14(16)15(13)18)11-6-4-3-5-7-11/h3-9,18H,10H2,1-2H3. The number of rotatable bonds is 3. The van der Waals surface area contributed by atoms with E-state index in [1.165, 1.54) is 0 Å². The van der Waals surface area contributed by atoms with Crippen LogP contribution in [0.15, 0.2) is 42.5 Å². The van der Waals surface area contributed by atoms with E-state index in [2.05, 4.69) is 0 Å². The molecule has 94 valence electrons. The van der Waals surface area contributed by atoms with Gasteiger partial charge in [-0.05, 0) is 31.3 Å². The molecule has 0 fully saturated rings. The van der Waals surface area contributed by atoms with Crippen LogP contribution < -0.4 is 0 Å². The lowest BCUT2D eigenvalue weighted by atomic mass is 9.98. The van der Waals surface area contributed by atoms with E-state index in [1.54, 1.807) is 6.07 Å². The maximum absolute atomic E-state index is 10.1. The smallest absolute Gasteiger partial charge is 0.139 e. The Hall–Kier alpha value is -1.51. The van der Waals surface area contributed by atoms with Crippen molar-refractivity contribution in [1.29, 1.82) is 0 Å². The quantitative estimate of drug-likeness (QED) is 0.909. The lowest BCUT2D eigenvalue weighted by Gasteiger charge is -2.16. The molecule has 18 heavy (non-hydrogen) atoms. The van der Waals surface area contributed by atoms with Crippen LogP contribution in [-0.2, 0) is 6.54 Å². The van der Waals surface area contributed by atoms with Gasteiger partial charge in [0.1, 0.15) is 5.75 Å². The molecule has 0 heterocycles. The van der Waals surface area contributed by atoms with E-state index >= 15 is 0 Å². The summed E-state index contributed by atoms with van der Waals surface area (Å²) in [5.74, 6) is 0.173. The largest absolute Gasteiger partial charge is 0.506 e. The third kappa shape index (κ3) is 2.66. The summed E-state index contributed by atoms with van der Waals surface area (Å²) in [7, 11) is 3.93. The monoisotopic (exact) mass is 261 g/mol. The molecule has 0 unspecified atom stereocenters. The summed E-state index contributed by atoms with van der Waals surface area (Å²) >= 11 is 5.99. The summed E-state index contributed by atoms with van der Waals surface area (Å²) in [6.45, 7) is 0.649. The van der Waals surface area contributed by atoms with E-state index in [4.69, 9.17) is 11.6 Å². The van der Waals surface area contributed by atoms with Gasteiger partial charge in [-0.1, -0.05) is 48.0 Å². The number of phenols is 1. The van der Waals surface area contributed by atoms with Gasteiger partial charge >= 0.3 is 0 Å². The highest BCUT2D eigenvalue weighted by Gasteiger charge is 2.13. The van der Waals surface area contributed by atoms with Gasteiger partial charge in [0.05, 0.1) is 5.02 Å². The van der Waals surface area contributed by atoms with Gasteiger partial charge in [0.25, 0.3) is 0 Å². The molecule has 2 nitrogen and oxygen atoms in total. The van der Waals surface area contributed by atoms with Crippen LogP contribution in [0.1, 0.15) is 5.56 Å². The van der Waals surface area contributed by atoms with Crippen molar-refractivity contribution in [3.8, 4) is 16.9 Å². The van der Waals surface area contributed by atoms with Crippen LogP contribution in [0, 0.1) is 0 Å². The van der Waals surface area contributed by atoms with E-state index in [-0.39, 0.29) is 5.75 Å². The molecule has 0 bridgehead atoms. The molecule has 0 aliphatic carbocycles. The van der Waals surface area contributed by atoms with Gasteiger partial charge in [0.2, 0.25) is 0 Å². The van der Waals surface area contributed by atoms with E-state index in [1.807, 2.05) is 55.4 Å². The number of benzene rings is 2. The molecule has 3 heteroatoms. The van der Waals surface area contributed by atoms with Gasteiger partial charge in [-0.15, -0.1) is 0 Å². The van der Waals surface area contributed by atoms with Gasteiger partial charge in [0, 0.05) is 12.1 Å². The Morgan fingerprint density at radius 2 is 1.72 bits per heavy atom. The minimum Gasteiger partial charge on any atom is -0.506 e. The summed E-state index contributed by atoms with van der Waals surface area (Å²) in [6, 6.07) is 13.7. The predicted molar refractivity (Wildman–Crippen MR) is 75.9 cm³/mol. The fourth-order valence-corrected chi connectivity index (χ4v) is 2.15. The Morgan fingerprint density at radius 1 is 1.06 bits per heavy atom. The third-order valence-electron chi connectivity index (χ3n) is 2.79. The van der Waals surface area contributed by atoms with Gasteiger partial charge < -0.3 is 10.0 Å². The fraction of sp³-hybridized carbons (Fsp3) is 0.200. The molecule has 0 saturated carbocycles. The highest BCUT2D eigenvalue weighted by Crippen LogP contribution is 2.36. The normalized spacial score (nSPS) is 10.9. The second kappa shape index (κ2) is 5.42. The predicted octanol–water partition coefficient (Wildman–Crippen LogP) is 3.77. The first kappa shape index (κ1) is 12.9. The molecule has 2 aromatic rings. The lowest BCUT2D eigenvalue weighted by molar-refractivity contribution is 0.386. The SMILES string of the molecule is CN(C)Cc1c(-c2ccccc2)ccc(Cl)c1O. The molecule has 0 saturated heterocycles. The van der Waals surface area contributed by atoms with E-state index in [0.717, 1.165) is 16.7 Å². The molecule has 0 spiro atoms. The molecule has 0 aromatic heterocycles. The Morgan fingerprint density at radius 3 is 2.33 bits per heavy atom. The molecule has 2 aromatic carbocycles. The van der Waals surface area contributed by atoms with E-state index < -0.39 is 0 Å². The van der Waals surface area contributed by atoms with Crippen molar-refractivity contribution in [3.63, 3.8) is 0 Å². The molecular formula is C15H16ClNO. The summed E-state index contributed by atoms with van der Waals surface area (Å²) in [6.07, 6.45) is 0. The van der Waals surface area contributed by atoms with Crippen LogP contribution in [0.4, 0.5) is 0 Å². The fourth-order valence-electron chi connectivity index (χ4n) is 1.97. The lowest BCUT2D eigenvalue weighted by Crippen LogP contribution is -2.11. The molecule has 1 N–H and O–H groups in total. The van der Waals surface area contributed by atoms with Crippen LogP contribution in [0.3, 0.4) is 0 Å². The van der Waals surface area contributed by atoms with Gasteiger partial charge in [-0.3, -0.25) is 0 Å². The van der Waals surface area contributed by atoms with Gasteiger partial charge in [-0.2, -0.15) is 0 Å². The number of hydrogen-bond acceptors (Lipinski definition) is 2. The number of halogens is 1. The highest BCUT2D eigenvalue weighted by molar-refractivity contribution is 6.32. The van der Waals surface area contributed by atoms with Gasteiger partial charge in [0.15, 0.2) is 0 Å². The van der Waals surface area contributed by atoms with Crippen LogP contribution in [0.5, 0.6) is 5.75 Å². The van der Waals surface area contributed by atoms with Crippen LogP contribution in [-0.4, -0.2) is 24.1 Å². The van der Waals surface area contributed by atoms with Crippen molar-refractivity contribution in [2.75, 3.05) is 14.1 Å². The van der Waals surface area contributed by atoms with E-state index in [0.29, 0.717) is 11.6 Å². The molecular weight excluding hydrogens is 246 g/mol. The molecule has 0 aliphatic heterocycles. The average molecular weight is 262 g/mol. The van der Waals surface area contributed by atoms with Crippen molar-refractivity contribution in [1.82, 2.24) is 4.90 Å². The number of nitrogens with zero attached hydrogens (tertiary/aromatic N) is 1. The van der Waals surface area contributed by atoms with Crippen molar-refractivity contribution in [3.05, 3.63) is 53.1 Å². The zero-order chi connectivity index (χ0) is 13.1. The summed E-state index contributed by atoms with van der Waals surface area (Å²) < 4.78 is 0. The molecule has 2 rings (SSSR count). The molecule has 0 atom stereocenters. The van der Waals surface area contributed by atoms with Crippen LogP contribution in [0.2, 0.25) is 5.02 Å². The molecule has 0 radical (unpaired) electrons. The van der Waals surface area contributed by atoms with Crippen LogP contribution >= 0.6 is 11.6 Å². The topological polar surface area (TPSA) is 23.5 Å². The molecule has 0 amide bonds. The number of hydrogen-bond donors (Lipinski definition) is 1. The average Bonchev–Trinajstić information content (AvgIpc) is 2.36. The summed E-state index contributed by atoms with van der Waals surface area (Å²) in [4.78, 5) is 2.01. The second-order valence-corrected chi connectivity index (χ2v) is 4.93. The molecule has 0 aliphatic rings. The van der Waals surface area contributed by atoms with Crippen molar-refractivity contribution in [2.24, 2.45) is 0 Å². The van der Waals surface area contributed by atoms with Crippen LogP contribution in [0.25, 0.3) is 11.1 Å².